The first-order valence-corrected chi connectivity index (χ1v) is 6.55. The van der Waals surface area contributed by atoms with Gasteiger partial charge in [0, 0.05) is 6.61 Å². The molecule has 1 saturated heterocycles. The van der Waals surface area contributed by atoms with E-state index in [1.54, 1.807) is 0 Å². The van der Waals surface area contributed by atoms with Gasteiger partial charge in [0.2, 0.25) is 0 Å². The summed E-state index contributed by atoms with van der Waals surface area (Å²) in [7, 11) is 0. The molecule has 6 nitrogen and oxygen atoms in total. The molecule has 2 rings (SSSR count). The van der Waals surface area contributed by atoms with E-state index in [0.717, 1.165) is 18.2 Å². The minimum absolute atomic E-state index is 0.0878. The summed E-state index contributed by atoms with van der Waals surface area (Å²) in [5, 5.41) is 14.2. The van der Waals surface area contributed by atoms with E-state index in [2.05, 4.69) is 10.6 Å². The average molecular weight is 296 g/mol. The zero-order valence-electron chi connectivity index (χ0n) is 11.8. The molecule has 0 spiro atoms. The number of aromatic carboxylic acids is 1. The number of hydrogen-bond acceptors (Lipinski definition) is 3. The van der Waals surface area contributed by atoms with E-state index in [9.17, 15) is 14.0 Å². The molecule has 1 aromatic rings. The van der Waals surface area contributed by atoms with E-state index in [1.165, 1.54) is 0 Å². The van der Waals surface area contributed by atoms with Gasteiger partial charge in [0.25, 0.3) is 0 Å². The molecule has 21 heavy (non-hydrogen) atoms. The second kappa shape index (κ2) is 5.69. The van der Waals surface area contributed by atoms with Gasteiger partial charge in [-0.3, -0.25) is 0 Å². The van der Waals surface area contributed by atoms with Gasteiger partial charge in [-0.05, 0) is 38.5 Å². The number of urea groups is 1. The SMILES string of the molecule is CC1OCCC1(C)NC(=O)Nc1cc(F)ccc1C(=O)O. The van der Waals surface area contributed by atoms with Crippen LogP contribution < -0.4 is 10.6 Å². The van der Waals surface area contributed by atoms with E-state index >= 15 is 0 Å². The van der Waals surface area contributed by atoms with Gasteiger partial charge < -0.3 is 20.5 Å². The molecule has 0 saturated carbocycles. The van der Waals surface area contributed by atoms with Crippen molar-refractivity contribution < 1.29 is 23.8 Å². The summed E-state index contributed by atoms with van der Waals surface area (Å²) in [4.78, 5) is 23.1. The minimum Gasteiger partial charge on any atom is -0.478 e. The van der Waals surface area contributed by atoms with Crippen molar-refractivity contribution in [3.8, 4) is 0 Å². The molecule has 7 heteroatoms. The van der Waals surface area contributed by atoms with Gasteiger partial charge in [-0.25, -0.2) is 14.0 Å². The quantitative estimate of drug-likeness (QED) is 0.798. The molecule has 2 unspecified atom stereocenters. The normalized spacial score (nSPS) is 24.6. The molecule has 1 aromatic carbocycles. The molecule has 2 amide bonds. The number of halogens is 1. The summed E-state index contributed by atoms with van der Waals surface area (Å²) in [5.41, 5.74) is -0.802. The lowest BCUT2D eigenvalue weighted by Crippen LogP contribution is -2.52. The maximum absolute atomic E-state index is 13.2. The van der Waals surface area contributed by atoms with Gasteiger partial charge in [-0.15, -0.1) is 0 Å². The molecule has 114 valence electrons. The summed E-state index contributed by atoms with van der Waals surface area (Å²) < 4.78 is 18.6. The first-order valence-electron chi connectivity index (χ1n) is 6.55. The summed E-state index contributed by atoms with van der Waals surface area (Å²) in [5.74, 6) is -1.87. The second-order valence-corrected chi connectivity index (χ2v) is 5.25. The molecule has 1 aliphatic heterocycles. The zero-order chi connectivity index (χ0) is 15.6. The van der Waals surface area contributed by atoms with E-state index < -0.39 is 23.4 Å². The molecular weight excluding hydrogens is 279 g/mol. The Bertz CT molecular complexity index is 578. The van der Waals surface area contributed by atoms with Crippen molar-refractivity contribution in [2.45, 2.75) is 31.9 Å². The largest absolute Gasteiger partial charge is 0.478 e. The number of rotatable bonds is 3. The third-order valence-corrected chi connectivity index (χ3v) is 3.75. The first-order chi connectivity index (χ1) is 9.82. The van der Waals surface area contributed by atoms with Crippen LogP contribution in [-0.4, -0.2) is 35.4 Å². The predicted octanol–water partition coefficient (Wildman–Crippen LogP) is 2.21. The number of carboxylic acids is 1. The average Bonchev–Trinajstić information content (AvgIpc) is 2.68. The van der Waals surface area contributed by atoms with Crippen LogP contribution in [0.3, 0.4) is 0 Å². The Morgan fingerprint density at radius 2 is 2.19 bits per heavy atom. The molecule has 3 N–H and O–H groups in total. The van der Waals surface area contributed by atoms with Crippen LogP contribution in [0.4, 0.5) is 14.9 Å². The van der Waals surface area contributed by atoms with Crippen LogP contribution in [0.5, 0.6) is 0 Å². The lowest BCUT2D eigenvalue weighted by Gasteiger charge is -2.29. The summed E-state index contributed by atoms with van der Waals surface area (Å²) in [6.45, 7) is 4.23. The van der Waals surface area contributed by atoms with Crippen molar-refractivity contribution >= 4 is 17.7 Å². The number of anilines is 1. The predicted molar refractivity (Wildman–Crippen MR) is 73.9 cm³/mol. The molecule has 0 bridgehead atoms. The Labute approximate surface area is 121 Å². The third-order valence-electron chi connectivity index (χ3n) is 3.75. The Hall–Kier alpha value is -2.15. The molecule has 0 radical (unpaired) electrons. The maximum atomic E-state index is 13.2. The lowest BCUT2D eigenvalue weighted by molar-refractivity contribution is 0.0698. The van der Waals surface area contributed by atoms with E-state index in [1.807, 2.05) is 13.8 Å². The molecule has 1 heterocycles. The van der Waals surface area contributed by atoms with Gasteiger partial charge in [-0.1, -0.05) is 0 Å². The highest BCUT2D eigenvalue weighted by Gasteiger charge is 2.38. The second-order valence-electron chi connectivity index (χ2n) is 5.25. The van der Waals surface area contributed by atoms with Crippen molar-refractivity contribution in [1.82, 2.24) is 5.32 Å². The van der Waals surface area contributed by atoms with E-state index in [0.29, 0.717) is 13.0 Å². The minimum atomic E-state index is -1.24. The van der Waals surface area contributed by atoms with Crippen molar-refractivity contribution in [2.24, 2.45) is 0 Å². The van der Waals surface area contributed by atoms with Crippen LogP contribution >= 0.6 is 0 Å². The molecule has 0 aliphatic carbocycles. The number of benzene rings is 1. The Morgan fingerprint density at radius 1 is 1.48 bits per heavy atom. The van der Waals surface area contributed by atoms with Crippen molar-refractivity contribution in [2.75, 3.05) is 11.9 Å². The topological polar surface area (TPSA) is 87.7 Å². The first kappa shape index (κ1) is 15.2. The van der Waals surface area contributed by atoms with Gasteiger partial charge in [0.15, 0.2) is 0 Å². The number of carbonyl (C=O) groups excluding carboxylic acids is 1. The number of ether oxygens (including phenoxy) is 1. The Balaban J connectivity index is 2.13. The van der Waals surface area contributed by atoms with E-state index in [4.69, 9.17) is 9.84 Å². The van der Waals surface area contributed by atoms with Gasteiger partial charge in [0.05, 0.1) is 22.9 Å². The van der Waals surface area contributed by atoms with Crippen LogP contribution in [0.25, 0.3) is 0 Å². The number of nitrogens with one attached hydrogen (secondary N) is 2. The zero-order valence-corrected chi connectivity index (χ0v) is 11.8. The van der Waals surface area contributed by atoms with E-state index in [-0.39, 0.29) is 17.4 Å². The maximum Gasteiger partial charge on any atom is 0.337 e. The number of amides is 2. The monoisotopic (exact) mass is 296 g/mol. The van der Waals surface area contributed by atoms with Crippen molar-refractivity contribution in [3.05, 3.63) is 29.6 Å². The summed E-state index contributed by atoms with van der Waals surface area (Å²) in [6.07, 6.45) is 0.492. The smallest absolute Gasteiger partial charge is 0.337 e. The Morgan fingerprint density at radius 3 is 2.76 bits per heavy atom. The molecule has 0 aromatic heterocycles. The van der Waals surface area contributed by atoms with Crippen molar-refractivity contribution in [3.63, 3.8) is 0 Å². The van der Waals surface area contributed by atoms with Crippen LogP contribution in [0.1, 0.15) is 30.6 Å². The Kier molecular flexibility index (Phi) is 4.13. The highest BCUT2D eigenvalue weighted by molar-refractivity contribution is 6.00. The standard InChI is InChI=1S/C14H17FN2O4/c1-8-14(2,5-6-21-8)17-13(20)16-11-7-9(15)3-4-10(11)12(18)19/h3-4,7-8H,5-6H2,1-2H3,(H,18,19)(H2,16,17,20). The summed E-state index contributed by atoms with van der Waals surface area (Å²) >= 11 is 0. The van der Waals surface area contributed by atoms with Crippen LogP contribution in [-0.2, 0) is 4.74 Å². The number of hydrogen-bond donors (Lipinski definition) is 3. The fraction of sp³-hybridized carbons (Fsp3) is 0.429. The molecule has 1 fully saturated rings. The number of carbonyl (C=O) groups is 2. The molecule has 1 aliphatic rings. The van der Waals surface area contributed by atoms with Crippen LogP contribution in [0, 0.1) is 5.82 Å². The fourth-order valence-corrected chi connectivity index (χ4v) is 2.22. The van der Waals surface area contributed by atoms with Crippen LogP contribution in [0.2, 0.25) is 0 Å². The highest BCUT2D eigenvalue weighted by Crippen LogP contribution is 2.25. The third kappa shape index (κ3) is 3.30. The molecular formula is C14H17FN2O4. The van der Waals surface area contributed by atoms with Crippen molar-refractivity contribution in [1.29, 1.82) is 0 Å². The van der Waals surface area contributed by atoms with Gasteiger partial charge in [0.1, 0.15) is 5.82 Å². The van der Waals surface area contributed by atoms with Gasteiger partial charge >= 0.3 is 12.0 Å². The fourth-order valence-electron chi connectivity index (χ4n) is 2.22. The lowest BCUT2D eigenvalue weighted by atomic mass is 9.95. The highest BCUT2D eigenvalue weighted by atomic mass is 19.1. The molecule has 2 atom stereocenters. The summed E-state index contributed by atoms with van der Waals surface area (Å²) in [6, 6.07) is 2.51. The van der Waals surface area contributed by atoms with Crippen LogP contribution in [0.15, 0.2) is 18.2 Å². The van der Waals surface area contributed by atoms with Gasteiger partial charge in [-0.2, -0.15) is 0 Å². The number of carboxylic acid groups (broad SMARTS) is 1.